The number of terminal acetylenes is 1. The normalized spacial score (nSPS) is 15.9. The van der Waals surface area contributed by atoms with Gasteiger partial charge in [0.05, 0.1) is 12.3 Å². The number of hydrogen-bond donors (Lipinski definition) is 3. The van der Waals surface area contributed by atoms with Crippen LogP contribution in [-0.2, 0) is 5.54 Å². The van der Waals surface area contributed by atoms with Gasteiger partial charge in [0.1, 0.15) is 12.4 Å². The van der Waals surface area contributed by atoms with Crippen LogP contribution in [0.15, 0.2) is 82.5 Å². The molecule has 1 fully saturated rings. The van der Waals surface area contributed by atoms with Crippen molar-refractivity contribution in [1.29, 1.82) is 0 Å². The standard InChI is InChI=1S/C28H38N6.C2H6/c1-6-10-23(11-7-2)26(21-34(5)33-22(4)31-20-18-29)27(32-19-8-3)24-12-14-25(15-13-24)28(30)16-9-17-28;1-2/h3,6-7,10-15,21H,1,9,16-20,29-30H2,2,4-5H3,(H,31,33);1-2H3/b11-7-,23-10+,26-21-,32-27?;. The minimum Gasteiger partial charge on any atom is -0.329 e. The number of nitrogens with two attached hydrogens (primary N) is 2. The molecule has 1 aromatic rings. The van der Waals surface area contributed by atoms with Crippen LogP contribution in [0, 0.1) is 12.3 Å². The molecule has 6 nitrogen and oxygen atoms in total. The fraction of sp³-hybridized carbons (Fsp3) is 0.400. The van der Waals surface area contributed by atoms with Gasteiger partial charge in [-0.25, -0.2) is 0 Å². The number of rotatable bonds is 11. The first kappa shape index (κ1) is 30.6. The van der Waals surface area contributed by atoms with E-state index in [0.717, 1.165) is 46.7 Å². The summed E-state index contributed by atoms with van der Waals surface area (Å²) >= 11 is 0. The summed E-state index contributed by atoms with van der Waals surface area (Å²) in [5.74, 6) is 3.40. The Balaban J connectivity index is 0.00000316. The summed E-state index contributed by atoms with van der Waals surface area (Å²) in [5.41, 5.74) is 19.9. The van der Waals surface area contributed by atoms with Gasteiger partial charge in [0, 0.05) is 36.5 Å². The predicted octanol–water partition coefficient (Wildman–Crippen LogP) is 4.86. The first-order valence-corrected chi connectivity index (χ1v) is 12.6. The number of hydrogen-bond acceptors (Lipinski definition) is 5. The minimum absolute atomic E-state index is 0.212. The van der Waals surface area contributed by atoms with Gasteiger partial charge in [-0.15, -0.1) is 6.42 Å². The van der Waals surface area contributed by atoms with Crippen LogP contribution >= 0.6 is 0 Å². The Hall–Kier alpha value is -3.40. The van der Waals surface area contributed by atoms with E-state index in [0.29, 0.717) is 13.1 Å². The zero-order chi connectivity index (χ0) is 27.0. The van der Waals surface area contributed by atoms with Crippen LogP contribution in [-0.4, -0.2) is 43.2 Å². The second-order valence-electron chi connectivity index (χ2n) is 8.34. The summed E-state index contributed by atoms with van der Waals surface area (Å²) in [6.07, 6.45) is 18.5. The number of benzene rings is 1. The maximum Gasteiger partial charge on any atom is 0.112 e. The number of amidine groups is 1. The van der Waals surface area contributed by atoms with E-state index in [4.69, 9.17) is 22.9 Å². The average Bonchev–Trinajstić information content (AvgIpc) is 2.87. The van der Waals surface area contributed by atoms with Crippen molar-refractivity contribution in [3.8, 4) is 12.3 Å². The van der Waals surface area contributed by atoms with E-state index in [2.05, 4.69) is 47.2 Å². The number of nitrogens with one attached hydrogen (secondary N) is 1. The lowest BCUT2D eigenvalue weighted by atomic mass is 9.72. The first-order valence-electron chi connectivity index (χ1n) is 12.6. The fourth-order valence-electron chi connectivity index (χ4n) is 3.83. The second-order valence-corrected chi connectivity index (χ2v) is 8.34. The zero-order valence-electron chi connectivity index (χ0n) is 22.7. The Labute approximate surface area is 218 Å². The van der Waals surface area contributed by atoms with Crippen molar-refractivity contribution < 1.29 is 0 Å². The van der Waals surface area contributed by atoms with E-state index in [1.807, 2.05) is 64.2 Å². The third-order valence-corrected chi connectivity index (χ3v) is 5.66. The van der Waals surface area contributed by atoms with Crippen LogP contribution < -0.4 is 16.9 Å². The lowest BCUT2D eigenvalue weighted by Crippen LogP contribution is -2.43. The van der Waals surface area contributed by atoms with Gasteiger partial charge < -0.3 is 11.5 Å². The summed E-state index contributed by atoms with van der Waals surface area (Å²) < 4.78 is 0. The molecule has 2 rings (SSSR count). The van der Waals surface area contributed by atoms with Crippen molar-refractivity contribution in [2.24, 2.45) is 21.5 Å². The summed E-state index contributed by atoms with van der Waals surface area (Å²) in [7, 11) is 1.92. The smallest absolute Gasteiger partial charge is 0.112 e. The number of aliphatic imine (C=N–C) groups is 2. The lowest BCUT2D eigenvalue weighted by Gasteiger charge is -2.38. The molecule has 5 N–H and O–H groups in total. The van der Waals surface area contributed by atoms with E-state index in [-0.39, 0.29) is 12.1 Å². The molecule has 0 unspecified atom stereocenters. The molecule has 1 aromatic carbocycles. The van der Waals surface area contributed by atoms with Gasteiger partial charge in [0.15, 0.2) is 0 Å². The molecule has 1 aliphatic carbocycles. The van der Waals surface area contributed by atoms with Crippen LogP contribution in [0.25, 0.3) is 0 Å². The molecule has 36 heavy (non-hydrogen) atoms. The fourth-order valence-corrected chi connectivity index (χ4v) is 3.83. The van der Waals surface area contributed by atoms with Crippen molar-refractivity contribution >= 4 is 11.5 Å². The quantitative estimate of drug-likeness (QED) is 0.136. The Bertz CT molecular complexity index is 1010. The van der Waals surface area contributed by atoms with Crippen LogP contribution in [0.1, 0.15) is 58.1 Å². The molecule has 6 heteroatoms. The molecule has 0 aromatic heterocycles. The van der Waals surface area contributed by atoms with Gasteiger partial charge in [-0.3, -0.25) is 20.4 Å². The Morgan fingerprint density at radius 3 is 2.42 bits per heavy atom. The first-order chi connectivity index (χ1) is 17.4. The van der Waals surface area contributed by atoms with Gasteiger partial charge in [-0.1, -0.05) is 74.9 Å². The molecule has 0 aliphatic heterocycles. The van der Waals surface area contributed by atoms with Crippen LogP contribution in [0.2, 0.25) is 0 Å². The zero-order valence-corrected chi connectivity index (χ0v) is 22.7. The molecule has 194 valence electrons. The molecule has 1 aliphatic rings. The summed E-state index contributed by atoms with van der Waals surface area (Å²) in [5, 5.41) is 1.86. The van der Waals surface area contributed by atoms with Crippen LogP contribution in [0.3, 0.4) is 0 Å². The number of nitrogens with zero attached hydrogens (tertiary/aromatic N) is 3. The maximum atomic E-state index is 6.53. The lowest BCUT2D eigenvalue weighted by molar-refractivity contribution is 0.253. The summed E-state index contributed by atoms with van der Waals surface area (Å²) in [4.78, 5) is 9.18. The third kappa shape index (κ3) is 8.99. The molecule has 0 heterocycles. The summed E-state index contributed by atoms with van der Waals surface area (Å²) in [6.45, 7) is 13.1. The van der Waals surface area contributed by atoms with Gasteiger partial charge in [-0.2, -0.15) is 0 Å². The van der Waals surface area contributed by atoms with Crippen molar-refractivity contribution in [2.45, 2.75) is 52.5 Å². The SMILES string of the molecule is C#CCN=C(C(=C\N(C)NC(C)=NCCN)/C(/C=C\C)=C/C=C)c1ccc(C2(N)CCC2)cc1.CC. The average molecular weight is 489 g/mol. The highest BCUT2D eigenvalue weighted by Crippen LogP contribution is 2.38. The van der Waals surface area contributed by atoms with Crippen molar-refractivity contribution in [3.05, 3.63) is 83.6 Å². The Morgan fingerprint density at radius 1 is 1.25 bits per heavy atom. The van der Waals surface area contributed by atoms with E-state index in [1.54, 1.807) is 6.08 Å². The molecule has 0 spiro atoms. The largest absolute Gasteiger partial charge is 0.329 e. The Morgan fingerprint density at radius 2 is 1.92 bits per heavy atom. The highest BCUT2D eigenvalue weighted by atomic mass is 15.5. The van der Waals surface area contributed by atoms with Crippen molar-refractivity contribution in [3.63, 3.8) is 0 Å². The van der Waals surface area contributed by atoms with Gasteiger partial charge in [0.25, 0.3) is 0 Å². The second kappa shape index (κ2) is 16.3. The minimum atomic E-state index is -0.212. The maximum absolute atomic E-state index is 6.53. The van der Waals surface area contributed by atoms with Crippen molar-refractivity contribution in [2.75, 3.05) is 26.7 Å². The summed E-state index contributed by atoms with van der Waals surface area (Å²) in [6, 6.07) is 8.37. The van der Waals surface area contributed by atoms with Gasteiger partial charge in [0.2, 0.25) is 0 Å². The molecular weight excluding hydrogens is 444 g/mol. The number of allylic oxidation sites excluding steroid dienone is 6. The highest BCUT2D eigenvalue weighted by molar-refractivity contribution is 6.15. The van der Waals surface area contributed by atoms with Crippen LogP contribution in [0.4, 0.5) is 0 Å². The van der Waals surface area contributed by atoms with E-state index >= 15 is 0 Å². The third-order valence-electron chi connectivity index (χ3n) is 5.66. The van der Waals surface area contributed by atoms with Gasteiger partial charge >= 0.3 is 0 Å². The van der Waals surface area contributed by atoms with E-state index in [9.17, 15) is 0 Å². The number of hydrazine groups is 1. The molecule has 0 bridgehead atoms. The van der Waals surface area contributed by atoms with E-state index in [1.165, 1.54) is 6.42 Å². The topological polar surface area (TPSA) is 92.0 Å². The predicted molar refractivity (Wildman–Crippen MR) is 157 cm³/mol. The van der Waals surface area contributed by atoms with E-state index < -0.39 is 0 Å². The monoisotopic (exact) mass is 488 g/mol. The molecule has 0 radical (unpaired) electrons. The van der Waals surface area contributed by atoms with Gasteiger partial charge in [-0.05, 0) is 44.2 Å². The molecule has 1 saturated carbocycles. The van der Waals surface area contributed by atoms with Crippen molar-refractivity contribution in [1.82, 2.24) is 10.4 Å². The molecule has 0 amide bonds. The van der Waals surface area contributed by atoms with Crippen LogP contribution in [0.5, 0.6) is 0 Å². The molecule has 0 atom stereocenters. The highest BCUT2D eigenvalue weighted by Gasteiger charge is 2.34. The molecule has 0 saturated heterocycles. The molecular formula is C30H44N6. The Kier molecular flexibility index (Phi) is 13.9.